The molecule has 6 aromatic rings. The van der Waals surface area contributed by atoms with Crippen molar-refractivity contribution < 1.29 is 0 Å². The van der Waals surface area contributed by atoms with Gasteiger partial charge in [0.25, 0.3) is 5.56 Å². The molecule has 7 nitrogen and oxygen atoms in total. The zero-order chi connectivity index (χ0) is 23.2. The summed E-state index contributed by atoms with van der Waals surface area (Å²) in [5.74, 6) is 1.22. The van der Waals surface area contributed by atoms with E-state index in [4.69, 9.17) is 16.6 Å². The van der Waals surface area contributed by atoms with Crippen LogP contribution in [0.2, 0.25) is 5.02 Å². The van der Waals surface area contributed by atoms with E-state index >= 15 is 0 Å². The predicted molar refractivity (Wildman–Crippen MR) is 134 cm³/mol. The summed E-state index contributed by atoms with van der Waals surface area (Å²) in [6.07, 6.45) is 1.57. The van der Waals surface area contributed by atoms with Gasteiger partial charge in [-0.3, -0.25) is 13.6 Å². The highest BCUT2D eigenvalue weighted by molar-refractivity contribution is 7.98. The van der Waals surface area contributed by atoms with Crippen molar-refractivity contribution in [2.24, 2.45) is 0 Å². The molecule has 0 aliphatic rings. The van der Waals surface area contributed by atoms with E-state index in [1.54, 1.807) is 18.3 Å². The third-order valence-corrected chi connectivity index (χ3v) is 6.74. The molecule has 0 unspecified atom stereocenters. The van der Waals surface area contributed by atoms with Crippen molar-refractivity contribution in [1.29, 1.82) is 0 Å². The molecule has 0 saturated heterocycles. The van der Waals surface area contributed by atoms with Crippen LogP contribution in [0.15, 0.2) is 82.9 Å². The Kier molecular flexibility index (Phi) is 5.04. The van der Waals surface area contributed by atoms with Gasteiger partial charge in [-0.1, -0.05) is 65.3 Å². The van der Waals surface area contributed by atoms with Crippen LogP contribution in [0, 0.1) is 6.92 Å². The summed E-state index contributed by atoms with van der Waals surface area (Å²) in [5.41, 5.74) is 4.77. The smallest absolute Gasteiger partial charge is 0.258 e. The summed E-state index contributed by atoms with van der Waals surface area (Å²) in [5, 5.41) is 11.1. The van der Waals surface area contributed by atoms with E-state index in [0.29, 0.717) is 27.3 Å². The molecule has 0 aliphatic carbocycles. The van der Waals surface area contributed by atoms with Crippen molar-refractivity contribution in [3.63, 3.8) is 0 Å². The van der Waals surface area contributed by atoms with E-state index in [1.807, 2.05) is 28.7 Å². The number of aromatic nitrogens is 6. The van der Waals surface area contributed by atoms with Crippen LogP contribution < -0.4 is 5.56 Å². The Balaban J connectivity index is 1.46. The third-order valence-electron chi connectivity index (χ3n) is 5.55. The molecule has 0 bridgehead atoms. The summed E-state index contributed by atoms with van der Waals surface area (Å²) in [6, 6.07) is 21.1. The molecule has 0 saturated carbocycles. The number of benzene rings is 2. The van der Waals surface area contributed by atoms with Crippen molar-refractivity contribution >= 4 is 45.6 Å². The Labute approximate surface area is 203 Å². The Morgan fingerprint density at radius 3 is 2.65 bits per heavy atom. The number of hydrogen-bond donors (Lipinski definition) is 0. The molecule has 0 radical (unpaired) electrons. The van der Waals surface area contributed by atoms with Crippen LogP contribution in [0.5, 0.6) is 0 Å². The van der Waals surface area contributed by atoms with E-state index in [1.165, 1.54) is 27.8 Å². The maximum absolute atomic E-state index is 12.6. The highest BCUT2D eigenvalue weighted by Gasteiger charge is 2.17. The van der Waals surface area contributed by atoms with Gasteiger partial charge < -0.3 is 0 Å². The maximum atomic E-state index is 12.6. The second-order valence-corrected chi connectivity index (χ2v) is 9.29. The zero-order valence-corrected chi connectivity index (χ0v) is 19.6. The van der Waals surface area contributed by atoms with E-state index < -0.39 is 0 Å². The molecular formula is C25H17ClN6OS. The third kappa shape index (κ3) is 3.61. The molecule has 34 heavy (non-hydrogen) atoms. The van der Waals surface area contributed by atoms with Gasteiger partial charge in [0.1, 0.15) is 11.5 Å². The summed E-state index contributed by atoms with van der Waals surface area (Å²) in [6.45, 7) is 2.06. The van der Waals surface area contributed by atoms with Gasteiger partial charge in [0.15, 0.2) is 10.8 Å². The first-order chi connectivity index (χ1) is 16.6. The molecule has 0 N–H and O–H groups in total. The average Bonchev–Trinajstić information content (AvgIpc) is 3.28. The van der Waals surface area contributed by atoms with Crippen LogP contribution in [-0.2, 0) is 5.75 Å². The fraction of sp³-hybridized carbons (Fsp3) is 0.0800. The van der Waals surface area contributed by atoms with Gasteiger partial charge in [-0.15, -0.1) is 10.2 Å². The molecule has 9 heteroatoms. The Morgan fingerprint density at radius 1 is 0.971 bits per heavy atom. The van der Waals surface area contributed by atoms with Gasteiger partial charge in [0.05, 0.1) is 16.2 Å². The zero-order valence-electron chi connectivity index (χ0n) is 18.0. The van der Waals surface area contributed by atoms with Crippen LogP contribution in [0.3, 0.4) is 0 Å². The lowest BCUT2D eigenvalue weighted by molar-refractivity contribution is 0.911. The minimum Gasteiger partial charge on any atom is -0.269 e. The lowest BCUT2D eigenvalue weighted by Crippen LogP contribution is -2.15. The summed E-state index contributed by atoms with van der Waals surface area (Å²) >= 11 is 7.48. The minimum absolute atomic E-state index is 0.179. The number of aryl methyl sites for hydroxylation is 1. The number of thioether (sulfide) groups is 1. The predicted octanol–water partition coefficient (Wildman–Crippen LogP) is 5.21. The summed E-state index contributed by atoms with van der Waals surface area (Å²) < 4.78 is 3.42. The molecule has 2 aromatic carbocycles. The number of rotatable bonds is 4. The number of para-hydroxylation sites is 1. The molecule has 0 spiro atoms. The number of pyridine rings is 1. The highest BCUT2D eigenvalue weighted by atomic mass is 35.5. The van der Waals surface area contributed by atoms with Crippen LogP contribution in [-0.4, -0.2) is 29.0 Å². The number of hydrogen-bond acceptors (Lipinski definition) is 6. The van der Waals surface area contributed by atoms with E-state index in [2.05, 4.69) is 46.4 Å². The molecule has 4 heterocycles. The molecule has 6 rings (SSSR count). The first kappa shape index (κ1) is 20.8. The van der Waals surface area contributed by atoms with E-state index in [9.17, 15) is 4.79 Å². The largest absolute Gasteiger partial charge is 0.269 e. The van der Waals surface area contributed by atoms with Crippen LogP contribution in [0.25, 0.3) is 33.6 Å². The van der Waals surface area contributed by atoms with Crippen LogP contribution in [0.4, 0.5) is 0 Å². The lowest BCUT2D eigenvalue weighted by atomic mass is 10.1. The van der Waals surface area contributed by atoms with Gasteiger partial charge in [0, 0.05) is 29.0 Å². The Morgan fingerprint density at radius 2 is 1.79 bits per heavy atom. The maximum Gasteiger partial charge on any atom is 0.258 e. The van der Waals surface area contributed by atoms with Crippen LogP contribution in [0.1, 0.15) is 11.3 Å². The average molecular weight is 485 g/mol. The molecule has 0 aliphatic heterocycles. The van der Waals surface area contributed by atoms with Gasteiger partial charge in [-0.25, -0.2) is 9.97 Å². The summed E-state index contributed by atoms with van der Waals surface area (Å²) in [7, 11) is 0. The Bertz CT molecular complexity index is 1760. The van der Waals surface area contributed by atoms with E-state index in [0.717, 1.165) is 27.9 Å². The van der Waals surface area contributed by atoms with Gasteiger partial charge in [-0.05, 0) is 31.2 Å². The van der Waals surface area contributed by atoms with Gasteiger partial charge >= 0.3 is 0 Å². The Hall–Kier alpha value is -3.75. The molecule has 166 valence electrons. The SMILES string of the molecule is Cc1ccc(-c2nc3ccccc3c3nnc(SCc4cc(=O)n5cc(Cl)ccc5n4)n23)cc1. The van der Waals surface area contributed by atoms with Crippen molar-refractivity contribution in [3.05, 3.63) is 99.6 Å². The van der Waals surface area contributed by atoms with Gasteiger partial charge in [0.2, 0.25) is 0 Å². The van der Waals surface area contributed by atoms with Gasteiger partial charge in [-0.2, -0.15) is 0 Å². The van der Waals surface area contributed by atoms with E-state index in [-0.39, 0.29) is 5.56 Å². The second-order valence-electron chi connectivity index (χ2n) is 7.91. The summed E-state index contributed by atoms with van der Waals surface area (Å²) in [4.78, 5) is 22.1. The fourth-order valence-electron chi connectivity index (χ4n) is 3.89. The standard InChI is InChI=1S/C25H17ClN6OS/c1-15-6-8-16(9-7-15)23-28-20-5-3-2-4-19(20)24-29-30-25(32(23)24)34-14-18-12-22(33)31-13-17(26)10-11-21(31)27-18/h2-13H,14H2,1H3. The number of halogens is 1. The lowest BCUT2D eigenvalue weighted by Gasteiger charge is -2.10. The normalized spacial score (nSPS) is 11.6. The first-order valence-corrected chi connectivity index (χ1v) is 11.9. The number of nitrogens with zero attached hydrogens (tertiary/aromatic N) is 6. The molecule has 4 aromatic heterocycles. The van der Waals surface area contributed by atoms with Crippen LogP contribution >= 0.6 is 23.4 Å². The first-order valence-electron chi connectivity index (χ1n) is 10.6. The second kappa shape index (κ2) is 8.23. The molecule has 0 fully saturated rings. The van der Waals surface area contributed by atoms with Crippen molar-refractivity contribution in [2.45, 2.75) is 17.8 Å². The minimum atomic E-state index is -0.179. The fourth-order valence-corrected chi connectivity index (χ4v) is 4.87. The number of fused-ring (bicyclic) bond motifs is 4. The quantitative estimate of drug-likeness (QED) is 0.320. The van der Waals surface area contributed by atoms with Crippen molar-refractivity contribution in [2.75, 3.05) is 0 Å². The monoisotopic (exact) mass is 484 g/mol. The molecular weight excluding hydrogens is 468 g/mol. The van der Waals surface area contributed by atoms with Crippen molar-refractivity contribution in [1.82, 2.24) is 29.0 Å². The van der Waals surface area contributed by atoms with Crippen molar-refractivity contribution in [3.8, 4) is 11.4 Å². The molecule has 0 amide bonds. The molecule has 0 atom stereocenters. The highest BCUT2D eigenvalue weighted by Crippen LogP contribution is 2.30. The topological polar surface area (TPSA) is 77.5 Å².